The van der Waals surface area contributed by atoms with Crippen molar-refractivity contribution in [2.24, 2.45) is 0 Å². The monoisotopic (exact) mass is 258 g/mol. The molecule has 96 valence electrons. The Morgan fingerprint density at radius 2 is 2.33 bits per heavy atom. The standard InChI is InChI=1S/C9H8F2N4O3/c1-4-5(12-3-18-4)2-15-7(8(10)11)6(9(16)17)13-14-15/h3,8H,2H2,1H3,(H,16,17). The van der Waals surface area contributed by atoms with Crippen molar-refractivity contribution in [2.75, 3.05) is 0 Å². The summed E-state index contributed by atoms with van der Waals surface area (Å²) >= 11 is 0. The zero-order valence-corrected chi connectivity index (χ0v) is 9.17. The second kappa shape index (κ2) is 4.51. The molecule has 0 saturated carbocycles. The molecule has 2 aromatic rings. The summed E-state index contributed by atoms with van der Waals surface area (Å²) in [4.78, 5) is 14.5. The third kappa shape index (κ3) is 2.06. The molecule has 0 amide bonds. The summed E-state index contributed by atoms with van der Waals surface area (Å²) in [6.07, 6.45) is -1.82. The van der Waals surface area contributed by atoms with Gasteiger partial charge in [0.2, 0.25) is 0 Å². The smallest absolute Gasteiger partial charge is 0.358 e. The number of carboxylic acid groups (broad SMARTS) is 1. The van der Waals surface area contributed by atoms with Gasteiger partial charge in [-0.3, -0.25) is 0 Å². The highest BCUT2D eigenvalue weighted by Gasteiger charge is 2.26. The Kier molecular flexibility index (Phi) is 3.04. The summed E-state index contributed by atoms with van der Waals surface area (Å²) in [5.74, 6) is -1.10. The molecule has 0 atom stereocenters. The quantitative estimate of drug-likeness (QED) is 0.887. The fourth-order valence-electron chi connectivity index (χ4n) is 1.43. The van der Waals surface area contributed by atoms with Gasteiger partial charge < -0.3 is 9.52 Å². The van der Waals surface area contributed by atoms with Crippen LogP contribution in [0.2, 0.25) is 0 Å². The number of rotatable bonds is 4. The van der Waals surface area contributed by atoms with Crippen molar-refractivity contribution >= 4 is 5.97 Å². The molecule has 7 nitrogen and oxygen atoms in total. The van der Waals surface area contributed by atoms with Crippen molar-refractivity contribution in [3.63, 3.8) is 0 Å². The van der Waals surface area contributed by atoms with Crippen LogP contribution in [0.15, 0.2) is 10.8 Å². The molecular weight excluding hydrogens is 250 g/mol. The van der Waals surface area contributed by atoms with E-state index < -0.39 is 23.8 Å². The highest BCUT2D eigenvalue weighted by atomic mass is 19.3. The maximum Gasteiger partial charge on any atom is 0.358 e. The summed E-state index contributed by atoms with van der Waals surface area (Å²) < 4.78 is 31.3. The highest BCUT2D eigenvalue weighted by molar-refractivity contribution is 5.86. The van der Waals surface area contributed by atoms with E-state index in [0.717, 1.165) is 4.68 Å². The zero-order chi connectivity index (χ0) is 13.3. The summed E-state index contributed by atoms with van der Waals surface area (Å²) in [6, 6.07) is 0. The number of aryl methyl sites for hydroxylation is 1. The number of carboxylic acids is 1. The van der Waals surface area contributed by atoms with Crippen molar-refractivity contribution in [3.05, 3.63) is 29.2 Å². The van der Waals surface area contributed by atoms with Gasteiger partial charge in [-0.1, -0.05) is 5.21 Å². The van der Waals surface area contributed by atoms with Crippen LogP contribution in [0.1, 0.15) is 34.1 Å². The van der Waals surface area contributed by atoms with Crippen LogP contribution in [0.5, 0.6) is 0 Å². The topological polar surface area (TPSA) is 94.0 Å². The lowest BCUT2D eigenvalue weighted by Gasteiger charge is -2.04. The van der Waals surface area contributed by atoms with Crippen LogP contribution in [0.3, 0.4) is 0 Å². The number of aromatic nitrogens is 4. The Morgan fingerprint density at radius 3 is 2.83 bits per heavy atom. The molecule has 0 radical (unpaired) electrons. The molecule has 2 heterocycles. The molecule has 0 aliphatic heterocycles. The van der Waals surface area contributed by atoms with Gasteiger partial charge in [0.15, 0.2) is 12.1 Å². The van der Waals surface area contributed by atoms with E-state index in [1.165, 1.54) is 6.39 Å². The van der Waals surface area contributed by atoms with Crippen molar-refractivity contribution < 1.29 is 23.1 Å². The van der Waals surface area contributed by atoms with E-state index >= 15 is 0 Å². The lowest BCUT2D eigenvalue weighted by atomic mass is 10.3. The van der Waals surface area contributed by atoms with E-state index in [9.17, 15) is 13.6 Å². The third-order valence-corrected chi connectivity index (χ3v) is 2.33. The largest absolute Gasteiger partial charge is 0.476 e. The summed E-state index contributed by atoms with van der Waals surface area (Å²) in [7, 11) is 0. The van der Waals surface area contributed by atoms with E-state index in [0.29, 0.717) is 11.5 Å². The fourth-order valence-corrected chi connectivity index (χ4v) is 1.43. The number of oxazole rings is 1. The fraction of sp³-hybridized carbons (Fsp3) is 0.333. The molecule has 2 aromatic heterocycles. The van der Waals surface area contributed by atoms with E-state index in [1.807, 2.05) is 0 Å². The molecule has 0 aliphatic rings. The van der Waals surface area contributed by atoms with Crippen LogP contribution in [-0.4, -0.2) is 31.1 Å². The van der Waals surface area contributed by atoms with Gasteiger partial charge in [-0.05, 0) is 6.92 Å². The minimum absolute atomic E-state index is 0.123. The average Bonchev–Trinajstić information content (AvgIpc) is 2.86. The predicted octanol–water partition coefficient (Wildman–Crippen LogP) is 1.26. The summed E-state index contributed by atoms with van der Waals surface area (Å²) in [6.45, 7) is 1.49. The Labute approximate surface area is 99.0 Å². The molecule has 0 fully saturated rings. The zero-order valence-electron chi connectivity index (χ0n) is 9.17. The van der Waals surface area contributed by atoms with Gasteiger partial charge in [0.25, 0.3) is 6.43 Å². The number of halogens is 2. The van der Waals surface area contributed by atoms with Gasteiger partial charge in [-0.15, -0.1) is 5.10 Å². The first-order valence-corrected chi connectivity index (χ1v) is 4.84. The maximum absolute atomic E-state index is 12.8. The second-order valence-corrected chi connectivity index (χ2v) is 3.44. The lowest BCUT2D eigenvalue weighted by molar-refractivity contribution is 0.0675. The van der Waals surface area contributed by atoms with Crippen molar-refractivity contribution in [2.45, 2.75) is 19.9 Å². The summed E-state index contributed by atoms with van der Waals surface area (Å²) in [5.41, 5.74) is -1.12. The van der Waals surface area contributed by atoms with Gasteiger partial charge in [-0.2, -0.15) is 0 Å². The normalized spacial score (nSPS) is 11.1. The molecule has 2 rings (SSSR count). The minimum atomic E-state index is -2.99. The van der Waals surface area contributed by atoms with Gasteiger partial charge in [0.1, 0.15) is 17.1 Å². The molecule has 0 spiro atoms. The minimum Gasteiger partial charge on any atom is -0.476 e. The second-order valence-electron chi connectivity index (χ2n) is 3.44. The number of alkyl halides is 2. The van der Waals surface area contributed by atoms with Crippen LogP contribution < -0.4 is 0 Å². The molecule has 1 N–H and O–H groups in total. The number of hydrogen-bond donors (Lipinski definition) is 1. The molecule has 18 heavy (non-hydrogen) atoms. The first-order valence-electron chi connectivity index (χ1n) is 4.84. The highest BCUT2D eigenvalue weighted by Crippen LogP contribution is 2.22. The predicted molar refractivity (Wildman–Crippen MR) is 52.3 cm³/mol. The van der Waals surface area contributed by atoms with Crippen molar-refractivity contribution in [1.82, 2.24) is 20.0 Å². The third-order valence-electron chi connectivity index (χ3n) is 2.33. The van der Waals surface area contributed by atoms with E-state index in [2.05, 4.69) is 15.3 Å². The molecule has 9 heteroatoms. The van der Waals surface area contributed by atoms with Crippen LogP contribution in [-0.2, 0) is 6.54 Å². The molecule has 0 aromatic carbocycles. The van der Waals surface area contributed by atoms with Crippen LogP contribution in [0.25, 0.3) is 0 Å². The molecule has 0 saturated heterocycles. The Hall–Kier alpha value is -2.32. The average molecular weight is 258 g/mol. The SMILES string of the molecule is Cc1ocnc1Cn1nnc(C(=O)O)c1C(F)F. The Bertz CT molecular complexity index is 578. The van der Waals surface area contributed by atoms with E-state index in [-0.39, 0.29) is 6.54 Å². The van der Waals surface area contributed by atoms with Gasteiger partial charge in [0.05, 0.1) is 6.54 Å². The summed E-state index contributed by atoms with van der Waals surface area (Å²) in [5, 5.41) is 15.3. The van der Waals surface area contributed by atoms with Gasteiger partial charge >= 0.3 is 5.97 Å². The molecule has 0 bridgehead atoms. The Balaban J connectivity index is 2.40. The van der Waals surface area contributed by atoms with Crippen molar-refractivity contribution in [3.8, 4) is 0 Å². The number of nitrogens with zero attached hydrogens (tertiary/aromatic N) is 4. The first-order chi connectivity index (χ1) is 8.50. The van der Waals surface area contributed by atoms with Crippen LogP contribution in [0, 0.1) is 6.92 Å². The van der Waals surface area contributed by atoms with Gasteiger partial charge in [0, 0.05) is 0 Å². The number of aromatic carboxylic acids is 1. The lowest BCUT2D eigenvalue weighted by Crippen LogP contribution is -2.10. The van der Waals surface area contributed by atoms with Crippen LogP contribution >= 0.6 is 0 Å². The molecule has 0 aliphatic carbocycles. The molecule has 0 unspecified atom stereocenters. The van der Waals surface area contributed by atoms with E-state index in [1.54, 1.807) is 6.92 Å². The molecular formula is C9H8F2N4O3. The first kappa shape index (κ1) is 12.1. The van der Waals surface area contributed by atoms with Crippen molar-refractivity contribution in [1.29, 1.82) is 0 Å². The number of hydrogen-bond acceptors (Lipinski definition) is 5. The van der Waals surface area contributed by atoms with Gasteiger partial charge in [-0.25, -0.2) is 23.2 Å². The van der Waals surface area contributed by atoms with E-state index in [4.69, 9.17) is 9.52 Å². The maximum atomic E-state index is 12.8. The Morgan fingerprint density at radius 1 is 1.61 bits per heavy atom. The van der Waals surface area contributed by atoms with Crippen LogP contribution in [0.4, 0.5) is 8.78 Å². The number of carbonyl (C=O) groups is 1.